The van der Waals surface area contributed by atoms with Crippen LogP contribution in [0.3, 0.4) is 0 Å². The minimum absolute atomic E-state index is 0.137. The van der Waals surface area contributed by atoms with Crippen molar-refractivity contribution in [2.45, 2.75) is 19.3 Å². The van der Waals surface area contributed by atoms with Gasteiger partial charge in [0.05, 0.1) is 0 Å². The van der Waals surface area contributed by atoms with E-state index in [1.807, 2.05) is 0 Å². The third-order valence-corrected chi connectivity index (χ3v) is 2.44. The van der Waals surface area contributed by atoms with Crippen LogP contribution >= 0.6 is 0 Å². The van der Waals surface area contributed by atoms with Gasteiger partial charge in [0, 0.05) is 17.9 Å². The molecule has 1 fully saturated rings. The summed E-state index contributed by atoms with van der Waals surface area (Å²) in [6.07, 6.45) is 3.11. The number of likely N-dealkylation sites (tertiary alicyclic amines) is 1. The average molecular weight is 172 g/mol. The molecular formula is C8H16N2O2. The first kappa shape index (κ1) is 9.45. The molecule has 1 heterocycles. The summed E-state index contributed by atoms with van der Waals surface area (Å²) in [7, 11) is 2.08. The van der Waals surface area contributed by atoms with Crippen molar-refractivity contribution >= 4 is 0 Å². The monoisotopic (exact) mass is 172 g/mol. The molecule has 1 atom stereocenters. The lowest BCUT2D eigenvalue weighted by atomic mass is 9.95. The number of piperidine rings is 1. The predicted octanol–water partition coefficient (Wildman–Crippen LogP) is 0.995. The molecule has 0 amide bonds. The van der Waals surface area contributed by atoms with Crippen LogP contribution in [0.1, 0.15) is 19.3 Å². The van der Waals surface area contributed by atoms with Gasteiger partial charge < -0.3 is 4.90 Å². The fraction of sp³-hybridized carbons (Fsp3) is 1.00. The Balaban J connectivity index is 2.18. The van der Waals surface area contributed by atoms with Crippen LogP contribution in [0.4, 0.5) is 0 Å². The zero-order valence-corrected chi connectivity index (χ0v) is 7.53. The molecule has 0 N–H and O–H groups in total. The van der Waals surface area contributed by atoms with Gasteiger partial charge in [-0.2, -0.15) is 0 Å². The molecule has 0 radical (unpaired) electrons. The molecule has 70 valence electrons. The van der Waals surface area contributed by atoms with Crippen molar-refractivity contribution in [1.29, 1.82) is 0 Å². The van der Waals surface area contributed by atoms with Crippen LogP contribution in [0, 0.1) is 16.0 Å². The Morgan fingerprint density at radius 1 is 1.67 bits per heavy atom. The second-order valence-electron chi connectivity index (χ2n) is 3.62. The van der Waals surface area contributed by atoms with Crippen molar-refractivity contribution in [3.05, 3.63) is 10.1 Å². The Labute approximate surface area is 72.7 Å². The maximum Gasteiger partial charge on any atom is 0.204 e. The summed E-state index contributed by atoms with van der Waals surface area (Å²) in [6.45, 7) is 2.32. The topological polar surface area (TPSA) is 46.4 Å². The second-order valence-corrected chi connectivity index (χ2v) is 3.62. The summed E-state index contributed by atoms with van der Waals surface area (Å²) in [5.41, 5.74) is 0. The third kappa shape index (κ3) is 3.17. The maximum absolute atomic E-state index is 10.1. The zero-order valence-electron chi connectivity index (χ0n) is 7.53. The maximum atomic E-state index is 10.1. The van der Waals surface area contributed by atoms with Crippen LogP contribution in [0.5, 0.6) is 0 Å². The van der Waals surface area contributed by atoms with Gasteiger partial charge in [-0.05, 0) is 32.4 Å². The van der Waals surface area contributed by atoms with Crippen molar-refractivity contribution in [2.75, 3.05) is 26.7 Å². The van der Waals surface area contributed by atoms with E-state index in [-0.39, 0.29) is 11.5 Å². The first-order valence-electron chi connectivity index (χ1n) is 4.49. The van der Waals surface area contributed by atoms with Crippen LogP contribution in [0.15, 0.2) is 0 Å². The highest BCUT2D eigenvalue weighted by Gasteiger charge is 2.18. The average Bonchev–Trinajstić information content (AvgIpc) is 2.01. The van der Waals surface area contributed by atoms with Crippen LogP contribution in [0.25, 0.3) is 0 Å². The normalized spacial score (nSPS) is 25.6. The van der Waals surface area contributed by atoms with Gasteiger partial charge in [-0.25, -0.2) is 0 Å². The molecule has 1 aliphatic rings. The predicted molar refractivity (Wildman–Crippen MR) is 46.7 cm³/mol. The summed E-state index contributed by atoms with van der Waals surface area (Å²) >= 11 is 0. The van der Waals surface area contributed by atoms with E-state index < -0.39 is 0 Å². The van der Waals surface area contributed by atoms with Crippen LogP contribution in [0.2, 0.25) is 0 Å². The van der Waals surface area contributed by atoms with Gasteiger partial charge in [-0.15, -0.1) is 0 Å². The van der Waals surface area contributed by atoms with Crippen LogP contribution < -0.4 is 0 Å². The Morgan fingerprint density at radius 2 is 2.42 bits per heavy atom. The first-order chi connectivity index (χ1) is 5.68. The SMILES string of the molecule is CN1CCCC(CC[N+](=O)[O-])C1. The molecule has 1 unspecified atom stereocenters. The van der Waals surface area contributed by atoms with Crippen LogP contribution in [-0.2, 0) is 0 Å². The van der Waals surface area contributed by atoms with Gasteiger partial charge in [0.1, 0.15) is 0 Å². The minimum Gasteiger partial charge on any atom is -0.306 e. The number of hydrogen-bond acceptors (Lipinski definition) is 3. The molecule has 0 aromatic heterocycles. The van der Waals surface area contributed by atoms with Gasteiger partial charge in [0.2, 0.25) is 6.54 Å². The molecule has 4 heteroatoms. The molecule has 0 bridgehead atoms. The Kier molecular flexibility index (Phi) is 3.47. The van der Waals surface area contributed by atoms with E-state index in [0.717, 1.165) is 25.9 Å². The summed E-state index contributed by atoms with van der Waals surface area (Å²) in [6, 6.07) is 0. The highest BCUT2D eigenvalue weighted by molar-refractivity contribution is 4.69. The lowest BCUT2D eigenvalue weighted by Gasteiger charge is -2.28. The van der Waals surface area contributed by atoms with E-state index in [9.17, 15) is 10.1 Å². The smallest absolute Gasteiger partial charge is 0.204 e. The molecule has 1 saturated heterocycles. The zero-order chi connectivity index (χ0) is 8.97. The van der Waals surface area contributed by atoms with Gasteiger partial charge in [0.25, 0.3) is 0 Å². The van der Waals surface area contributed by atoms with Gasteiger partial charge >= 0.3 is 0 Å². The van der Waals surface area contributed by atoms with Gasteiger partial charge in [-0.3, -0.25) is 10.1 Å². The first-order valence-corrected chi connectivity index (χ1v) is 4.49. The van der Waals surface area contributed by atoms with Crippen molar-refractivity contribution in [2.24, 2.45) is 5.92 Å². The summed E-state index contributed by atoms with van der Waals surface area (Å²) < 4.78 is 0. The van der Waals surface area contributed by atoms with Crippen molar-refractivity contribution in [3.63, 3.8) is 0 Å². The third-order valence-electron chi connectivity index (χ3n) is 2.44. The fourth-order valence-electron chi connectivity index (χ4n) is 1.80. The molecule has 0 aromatic rings. The van der Waals surface area contributed by atoms with E-state index >= 15 is 0 Å². The molecule has 12 heavy (non-hydrogen) atoms. The Hall–Kier alpha value is -0.640. The number of nitrogens with zero attached hydrogens (tertiary/aromatic N) is 2. The molecule has 1 aliphatic heterocycles. The Morgan fingerprint density at radius 3 is 3.00 bits per heavy atom. The molecule has 4 nitrogen and oxygen atoms in total. The summed E-state index contributed by atoms with van der Waals surface area (Å²) in [4.78, 5) is 12.2. The molecule has 1 rings (SSSR count). The molecule has 0 saturated carbocycles. The number of nitro groups is 1. The fourth-order valence-corrected chi connectivity index (χ4v) is 1.80. The quantitative estimate of drug-likeness (QED) is 0.471. The van der Waals surface area contributed by atoms with Crippen molar-refractivity contribution in [3.8, 4) is 0 Å². The van der Waals surface area contributed by atoms with Gasteiger partial charge in [0.15, 0.2) is 0 Å². The van der Waals surface area contributed by atoms with E-state index in [0.29, 0.717) is 5.92 Å². The van der Waals surface area contributed by atoms with Crippen molar-refractivity contribution in [1.82, 2.24) is 4.90 Å². The lowest BCUT2D eigenvalue weighted by molar-refractivity contribution is -0.481. The minimum atomic E-state index is -0.214. The van der Waals surface area contributed by atoms with Gasteiger partial charge in [-0.1, -0.05) is 0 Å². The van der Waals surface area contributed by atoms with Crippen LogP contribution in [-0.4, -0.2) is 36.5 Å². The summed E-state index contributed by atoms with van der Waals surface area (Å²) in [5, 5.41) is 10.1. The molecule has 0 aromatic carbocycles. The highest BCUT2D eigenvalue weighted by atomic mass is 16.6. The standard InChI is InChI=1S/C8H16N2O2/c1-9-5-2-3-8(7-9)4-6-10(11)12/h8H,2-7H2,1H3. The van der Waals surface area contributed by atoms with E-state index in [1.54, 1.807) is 0 Å². The van der Waals surface area contributed by atoms with E-state index in [2.05, 4.69) is 11.9 Å². The second kappa shape index (κ2) is 4.40. The molecular weight excluding hydrogens is 156 g/mol. The van der Waals surface area contributed by atoms with Crippen molar-refractivity contribution < 1.29 is 4.92 Å². The van der Waals surface area contributed by atoms with E-state index in [1.165, 1.54) is 6.42 Å². The molecule has 0 spiro atoms. The highest BCUT2D eigenvalue weighted by Crippen LogP contribution is 2.17. The van der Waals surface area contributed by atoms with E-state index in [4.69, 9.17) is 0 Å². The lowest BCUT2D eigenvalue weighted by Crippen LogP contribution is -2.32. The Bertz CT molecular complexity index is 161. The number of rotatable bonds is 3. The largest absolute Gasteiger partial charge is 0.306 e. The summed E-state index contributed by atoms with van der Waals surface area (Å²) in [5.74, 6) is 0.550. The number of hydrogen-bond donors (Lipinski definition) is 0. The molecule has 0 aliphatic carbocycles.